The molecular weight excluding hydrogens is 1250 g/mol. The van der Waals surface area contributed by atoms with Crippen LogP contribution in [0, 0.1) is 113 Å². The Morgan fingerprint density at radius 3 is 1.41 bits per heavy atom. The van der Waals surface area contributed by atoms with Gasteiger partial charge in [-0.15, -0.1) is 0 Å². The number of nitrogens with zero attached hydrogens (tertiary/aromatic N) is 2. The number of nitro groups is 2. The molecule has 0 radical (unpaired) electrons. The Hall–Kier alpha value is -4.88. The first-order valence-corrected chi connectivity index (χ1v) is 35.0. The number of amides is 2. The lowest BCUT2D eigenvalue weighted by Crippen LogP contribution is -2.59. The molecule has 2 aromatic carbocycles. The number of carbonyl (C=O) groups excluding carboxylic acids is 6. The van der Waals surface area contributed by atoms with Gasteiger partial charge in [-0.25, -0.2) is 0 Å². The van der Waals surface area contributed by atoms with Crippen molar-refractivity contribution in [1.29, 1.82) is 0 Å². The molecule has 8 aliphatic rings. The zero-order chi connectivity index (χ0) is 67.5. The smallest absolute Gasteiger partial charge is 0.306 e. The van der Waals surface area contributed by atoms with Gasteiger partial charge in [-0.05, 0) is 246 Å². The Morgan fingerprint density at radius 2 is 0.989 bits per heavy atom. The van der Waals surface area contributed by atoms with Gasteiger partial charge in [0.1, 0.15) is 13.2 Å². The Morgan fingerprint density at radius 1 is 0.579 bits per heavy atom. The molecule has 6 N–H and O–H groups in total. The number of esters is 2. The summed E-state index contributed by atoms with van der Waals surface area (Å²) in [6.07, 6.45) is 16.7. The first-order valence-electron chi connectivity index (χ1n) is 35.0. The number of nitro benzene ring substituents is 2. The molecule has 10 unspecified atom stereocenters. The molecule has 8 fully saturated rings. The van der Waals surface area contributed by atoms with E-state index in [-0.39, 0.29) is 156 Å². The normalized spacial score (nSPS) is 34.7. The molecule has 0 spiro atoms. The standard InChI is InChI=1S/C38H55N3O9.C34H50N2O7.2H3P/c1-6-39-36(46)24-8-9-25(31(17-24)41(47)48)21-49-34(45)12-7-22(2)28-10-11-29-35-30(14-16-38(28,29)5)37(4)15-13-27(18-26(37)19-32(35)43)50-40-20-33(44)23(3)42;1-5-35-32(40)21-7-8-22(28(16-21)36(41)42)19-43-30(39)11-6-20(2)25-9-10-26-31-27(13-15-34(25,26)4)33(3)14-12-24(37)17-23(33)18-29(31)38;;/h8-9,17,22,26-30,32,35,40,43H,6-7,10-16,18-21H2,1-5H3,(H,39,46);7-8,16,20,23-27,29,31,37-38H,5-6,9-15,17-19H2,1-4H3,(H,35,40);2*1H3/t22-,26-,27+,28?,29?,30?,32+,35?,37-,38+;20-,23-,24+,25?,26?,27?,29+,31?,33-,34+;;/m00../s1. The van der Waals surface area contributed by atoms with E-state index in [2.05, 4.69) is 57.7 Å². The zero-order valence-electron chi connectivity index (χ0n) is 57.8. The SMILES string of the molecule is CCNC(=O)c1ccc(COC(=O)CC[C@H](C)C2CCC3C4C(CC[C@@]32C)[C@@]2(C)CC[C@@H](O)C[C@H]2C[C@H]4O)c([N+](=O)[O-])c1.CCNC(=O)c1ccc(COC(=O)CC[C@H](C)C2CCC3C4C(CC[C@@]32C)[C@@]2(C)CC[C@@H](ONCC(=O)C(C)=O)C[C@H]2C[C@H]4O)c([N+](=O)[O-])c1.P.P. The van der Waals surface area contributed by atoms with E-state index < -0.39 is 33.3 Å². The number of carbonyl (C=O) groups is 6. The summed E-state index contributed by atoms with van der Waals surface area (Å²) in [6, 6.07) is 8.40. The van der Waals surface area contributed by atoms with E-state index in [0.717, 1.165) is 103 Å². The number of fused-ring (bicyclic) bond motifs is 10. The minimum absolute atomic E-state index is 0. The minimum atomic E-state index is -0.564. The van der Waals surface area contributed by atoms with Crippen molar-refractivity contribution in [3.8, 4) is 0 Å². The van der Waals surface area contributed by atoms with E-state index in [9.17, 15) is 64.3 Å². The molecule has 95 heavy (non-hydrogen) atoms. The molecule has 22 atom stereocenters. The van der Waals surface area contributed by atoms with Gasteiger partial charge < -0.3 is 35.4 Å². The van der Waals surface area contributed by atoms with Gasteiger partial charge in [-0.2, -0.15) is 25.3 Å². The summed E-state index contributed by atoms with van der Waals surface area (Å²) in [5, 5.41) is 62.1. The van der Waals surface area contributed by atoms with Crippen molar-refractivity contribution < 1.29 is 68.2 Å². The molecule has 8 saturated carbocycles. The maximum absolute atomic E-state index is 12.8. The molecule has 23 heteroatoms. The Kier molecular flexibility index (Phi) is 26.4. The molecule has 2 aromatic rings. The quantitative estimate of drug-likeness (QED) is 0.0198. The van der Waals surface area contributed by atoms with Crippen LogP contribution in [-0.2, 0) is 46.7 Å². The van der Waals surface area contributed by atoms with Gasteiger partial charge in [-0.1, -0.05) is 41.5 Å². The molecule has 0 aliphatic heterocycles. The summed E-state index contributed by atoms with van der Waals surface area (Å²) in [4.78, 5) is 101. The van der Waals surface area contributed by atoms with E-state index in [1.165, 1.54) is 43.3 Å². The first kappa shape index (κ1) is 77.5. The number of benzene rings is 2. The van der Waals surface area contributed by atoms with Crippen molar-refractivity contribution in [2.45, 2.75) is 228 Å². The highest BCUT2D eigenvalue weighted by atomic mass is 31.0. The van der Waals surface area contributed by atoms with Crippen molar-refractivity contribution in [2.24, 2.45) is 92.7 Å². The van der Waals surface area contributed by atoms with E-state index >= 15 is 0 Å². The van der Waals surface area contributed by atoms with E-state index in [1.54, 1.807) is 13.8 Å². The second-order valence-corrected chi connectivity index (χ2v) is 30.6. The summed E-state index contributed by atoms with van der Waals surface area (Å²) in [5.41, 5.74) is 3.64. The lowest BCUT2D eigenvalue weighted by atomic mass is 9.43. The number of nitrogens with one attached hydrogen (secondary N) is 3. The number of rotatable bonds is 23. The number of hydroxylamine groups is 1. The van der Waals surface area contributed by atoms with Gasteiger partial charge in [-0.3, -0.25) is 53.8 Å². The average molecular weight is 1360 g/mol. The third-order valence-electron chi connectivity index (χ3n) is 25.8. The van der Waals surface area contributed by atoms with Gasteiger partial charge in [0, 0.05) is 56.1 Å². The van der Waals surface area contributed by atoms with Crippen LogP contribution in [0.15, 0.2) is 36.4 Å². The van der Waals surface area contributed by atoms with Crippen LogP contribution in [0.4, 0.5) is 11.4 Å². The molecule has 0 aromatic heterocycles. The topological polar surface area (TPSA) is 313 Å². The summed E-state index contributed by atoms with van der Waals surface area (Å²) in [6.45, 7) is 19.2. The zero-order valence-corrected chi connectivity index (χ0v) is 60.7. The average Bonchev–Trinajstić information content (AvgIpc) is 1.70. The number of ether oxygens (including phenoxy) is 2. The molecule has 2 amide bonds. The number of hydrogen-bond donors (Lipinski definition) is 6. The second-order valence-electron chi connectivity index (χ2n) is 30.6. The van der Waals surface area contributed by atoms with E-state index in [1.807, 2.05) is 0 Å². The van der Waals surface area contributed by atoms with Crippen LogP contribution in [-0.4, -0.2) is 105 Å². The number of hydrogen-bond acceptors (Lipinski definition) is 17. The fraction of sp³-hybridized carbons (Fsp3) is 0.750. The van der Waals surface area contributed by atoms with Crippen LogP contribution in [0.25, 0.3) is 0 Å². The van der Waals surface area contributed by atoms with Gasteiger partial charge in [0.05, 0.1) is 51.9 Å². The van der Waals surface area contributed by atoms with Crippen LogP contribution >= 0.6 is 19.8 Å². The van der Waals surface area contributed by atoms with Crippen molar-refractivity contribution in [3.05, 3.63) is 78.9 Å². The number of aliphatic hydroxyl groups is 3. The van der Waals surface area contributed by atoms with E-state index in [0.29, 0.717) is 85.1 Å². The molecule has 0 bridgehead atoms. The molecule has 10 rings (SSSR count). The molecule has 21 nitrogen and oxygen atoms in total. The number of ketones is 2. The van der Waals surface area contributed by atoms with Crippen LogP contribution in [0.1, 0.15) is 223 Å². The summed E-state index contributed by atoms with van der Waals surface area (Å²) in [5.74, 6) is 2.09. The second kappa shape index (κ2) is 32.4. The molecular formula is C72H111N5O16P2. The van der Waals surface area contributed by atoms with Crippen LogP contribution < -0.4 is 16.1 Å². The highest BCUT2D eigenvalue weighted by Gasteiger charge is 2.65. The van der Waals surface area contributed by atoms with Crippen molar-refractivity contribution in [3.63, 3.8) is 0 Å². The highest BCUT2D eigenvalue weighted by Crippen LogP contribution is 2.70. The highest BCUT2D eigenvalue weighted by molar-refractivity contribution is 6.92. The van der Waals surface area contributed by atoms with Gasteiger partial charge in [0.25, 0.3) is 23.2 Å². The summed E-state index contributed by atoms with van der Waals surface area (Å²) < 4.78 is 11.0. The minimum Gasteiger partial charge on any atom is -0.461 e. The molecule has 8 aliphatic carbocycles. The number of Topliss-reactive ketones (excluding diaryl/α,β-unsaturated/α-hetero) is 2. The third-order valence-corrected chi connectivity index (χ3v) is 25.8. The van der Waals surface area contributed by atoms with Crippen LogP contribution in [0.3, 0.4) is 0 Å². The van der Waals surface area contributed by atoms with Crippen LogP contribution in [0.2, 0.25) is 0 Å². The van der Waals surface area contributed by atoms with E-state index in [4.69, 9.17) is 14.3 Å². The predicted molar refractivity (Wildman–Crippen MR) is 369 cm³/mol. The Balaban J connectivity index is 0.000000266. The van der Waals surface area contributed by atoms with Crippen LogP contribution in [0.5, 0.6) is 0 Å². The third kappa shape index (κ3) is 16.4. The summed E-state index contributed by atoms with van der Waals surface area (Å²) >= 11 is 0. The van der Waals surface area contributed by atoms with Crippen molar-refractivity contribution in [2.75, 3.05) is 19.6 Å². The van der Waals surface area contributed by atoms with Gasteiger partial charge in [0.2, 0.25) is 5.78 Å². The summed E-state index contributed by atoms with van der Waals surface area (Å²) in [7, 11) is 0. The van der Waals surface area contributed by atoms with Gasteiger partial charge >= 0.3 is 11.9 Å². The maximum atomic E-state index is 12.8. The maximum Gasteiger partial charge on any atom is 0.306 e. The lowest BCUT2D eigenvalue weighted by Gasteiger charge is -2.62. The number of aliphatic hydroxyl groups excluding tert-OH is 3. The van der Waals surface area contributed by atoms with Crippen molar-refractivity contribution >= 4 is 66.5 Å². The fourth-order valence-electron chi connectivity index (χ4n) is 20.9. The largest absolute Gasteiger partial charge is 0.461 e. The Labute approximate surface area is 567 Å². The Bertz CT molecular complexity index is 3100. The molecule has 530 valence electrons. The van der Waals surface area contributed by atoms with Crippen molar-refractivity contribution in [1.82, 2.24) is 16.1 Å². The lowest BCUT2D eigenvalue weighted by molar-refractivity contribution is -0.386. The fourth-order valence-corrected chi connectivity index (χ4v) is 20.9. The molecule has 0 saturated heterocycles. The van der Waals surface area contributed by atoms with Gasteiger partial charge in [0.15, 0.2) is 5.78 Å². The molecule has 0 heterocycles. The first-order chi connectivity index (χ1) is 44.1. The predicted octanol–water partition coefficient (Wildman–Crippen LogP) is 11.4. The monoisotopic (exact) mass is 1360 g/mol.